The van der Waals surface area contributed by atoms with Crippen molar-refractivity contribution in [2.75, 3.05) is 5.73 Å². The summed E-state index contributed by atoms with van der Waals surface area (Å²) in [5.74, 6) is 0. The summed E-state index contributed by atoms with van der Waals surface area (Å²) in [4.78, 5) is 12.6. The van der Waals surface area contributed by atoms with E-state index >= 15 is 0 Å². The first-order valence-corrected chi connectivity index (χ1v) is 7.69. The molecule has 2 aromatic rings. The second-order valence-corrected chi connectivity index (χ2v) is 5.64. The second-order valence-electron chi connectivity index (χ2n) is 5.64. The number of rotatable bonds is 5. The van der Waals surface area contributed by atoms with Crippen molar-refractivity contribution in [1.29, 1.82) is 0 Å². The van der Waals surface area contributed by atoms with Gasteiger partial charge >= 0.3 is 0 Å². The number of aromatic nitrogens is 2. The highest BCUT2D eigenvalue weighted by Crippen LogP contribution is 2.19. The van der Waals surface area contributed by atoms with Gasteiger partial charge in [0.05, 0.1) is 11.4 Å². The molecule has 0 atom stereocenters. The average Bonchev–Trinajstić information content (AvgIpc) is 2.68. The van der Waals surface area contributed by atoms with Crippen LogP contribution in [0.4, 0.5) is 5.69 Å². The van der Waals surface area contributed by atoms with Crippen molar-refractivity contribution in [2.45, 2.75) is 53.5 Å². The molecule has 0 bridgehead atoms. The topological polar surface area (TPSA) is 53.0 Å². The van der Waals surface area contributed by atoms with Crippen LogP contribution in [0, 0.1) is 13.8 Å². The van der Waals surface area contributed by atoms with Crippen LogP contribution in [0.3, 0.4) is 0 Å². The number of anilines is 1. The molecule has 2 N–H and O–H groups in total. The molecule has 4 heteroatoms. The Bertz CT molecular complexity index is 695. The Morgan fingerprint density at radius 3 is 2.48 bits per heavy atom. The summed E-state index contributed by atoms with van der Waals surface area (Å²) in [5, 5.41) is 0. The van der Waals surface area contributed by atoms with Crippen LogP contribution < -0.4 is 11.3 Å². The number of hydrogen-bond acceptors (Lipinski definition) is 2. The number of aryl methyl sites for hydroxylation is 2. The minimum atomic E-state index is -0.0967. The first kappa shape index (κ1) is 15.4. The molecule has 0 unspecified atom stereocenters. The van der Waals surface area contributed by atoms with E-state index in [0.717, 1.165) is 48.3 Å². The zero-order valence-electron chi connectivity index (χ0n) is 13.4. The zero-order chi connectivity index (χ0) is 15.6. The lowest BCUT2D eigenvalue weighted by atomic mass is 10.1. The lowest BCUT2D eigenvalue weighted by Crippen LogP contribution is -2.23. The fourth-order valence-electron chi connectivity index (χ4n) is 2.74. The van der Waals surface area contributed by atoms with E-state index in [0.29, 0.717) is 5.69 Å². The van der Waals surface area contributed by atoms with Gasteiger partial charge in [0.25, 0.3) is 5.56 Å². The lowest BCUT2D eigenvalue weighted by Gasteiger charge is -2.16. The predicted octanol–water partition coefficient (Wildman–Crippen LogP) is 3.20. The van der Waals surface area contributed by atoms with E-state index in [4.69, 9.17) is 5.73 Å². The maximum Gasteiger partial charge on any atom is 0.294 e. The second kappa shape index (κ2) is 6.20. The fraction of sp³-hybridized carbons (Fsp3) is 0.471. The molecule has 0 aliphatic heterocycles. The van der Waals surface area contributed by atoms with Gasteiger partial charge in [0.2, 0.25) is 0 Å². The van der Waals surface area contributed by atoms with Gasteiger partial charge in [-0.1, -0.05) is 32.4 Å². The highest BCUT2D eigenvalue weighted by Gasteiger charge is 2.18. The van der Waals surface area contributed by atoms with Crippen molar-refractivity contribution in [3.05, 3.63) is 45.4 Å². The van der Waals surface area contributed by atoms with Gasteiger partial charge in [-0.05, 0) is 43.9 Å². The molecule has 21 heavy (non-hydrogen) atoms. The van der Waals surface area contributed by atoms with E-state index in [9.17, 15) is 4.79 Å². The zero-order valence-corrected chi connectivity index (χ0v) is 13.4. The van der Waals surface area contributed by atoms with Gasteiger partial charge in [-0.25, -0.2) is 4.68 Å². The molecule has 2 rings (SSSR count). The SMILES string of the molecule is CCCc1c(N)c(=O)n(-c2cc(C)ccc2C)n1CCC. The normalized spacial score (nSPS) is 11.0. The summed E-state index contributed by atoms with van der Waals surface area (Å²) in [6.07, 6.45) is 2.78. The van der Waals surface area contributed by atoms with Crippen LogP contribution in [-0.4, -0.2) is 9.36 Å². The van der Waals surface area contributed by atoms with Crippen molar-refractivity contribution >= 4 is 5.69 Å². The molecule has 4 nitrogen and oxygen atoms in total. The molecule has 1 aromatic heterocycles. The van der Waals surface area contributed by atoms with Crippen LogP contribution in [0.25, 0.3) is 5.69 Å². The monoisotopic (exact) mass is 287 g/mol. The van der Waals surface area contributed by atoms with Crippen molar-refractivity contribution in [3.63, 3.8) is 0 Å². The molecule has 0 spiro atoms. The predicted molar refractivity (Wildman–Crippen MR) is 88.2 cm³/mol. The van der Waals surface area contributed by atoms with E-state index < -0.39 is 0 Å². The molecule has 114 valence electrons. The number of nitrogens with two attached hydrogens (primary N) is 1. The fourth-order valence-corrected chi connectivity index (χ4v) is 2.74. The minimum Gasteiger partial charge on any atom is -0.393 e. The third kappa shape index (κ3) is 2.75. The van der Waals surface area contributed by atoms with Crippen molar-refractivity contribution < 1.29 is 0 Å². The van der Waals surface area contributed by atoms with Gasteiger partial charge in [-0.3, -0.25) is 9.48 Å². The van der Waals surface area contributed by atoms with Gasteiger partial charge in [-0.2, -0.15) is 0 Å². The lowest BCUT2D eigenvalue weighted by molar-refractivity contribution is 0.511. The van der Waals surface area contributed by atoms with Crippen LogP contribution in [0.2, 0.25) is 0 Å². The van der Waals surface area contributed by atoms with Crippen molar-refractivity contribution in [1.82, 2.24) is 9.36 Å². The van der Waals surface area contributed by atoms with Gasteiger partial charge in [0.1, 0.15) is 5.69 Å². The van der Waals surface area contributed by atoms with Gasteiger partial charge in [-0.15, -0.1) is 0 Å². The molecule has 0 radical (unpaired) electrons. The molecule has 0 aliphatic rings. The molecular formula is C17H25N3O. The molecule has 0 fully saturated rings. The van der Waals surface area contributed by atoms with Crippen LogP contribution in [-0.2, 0) is 13.0 Å². The Morgan fingerprint density at radius 2 is 1.86 bits per heavy atom. The van der Waals surface area contributed by atoms with Gasteiger partial charge in [0, 0.05) is 6.54 Å². The van der Waals surface area contributed by atoms with E-state index in [2.05, 4.69) is 36.7 Å². The minimum absolute atomic E-state index is 0.0967. The summed E-state index contributed by atoms with van der Waals surface area (Å²) >= 11 is 0. The number of benzene rings is 1. The maximum absolute atomic E-state index is 12.6. The first-order chi connectivity index (χ1) is 10.0. The summed E-state index contributed by atoms with van der Waals surface area (Å²) in [6, 6.07) is 6.17. The molecular weight excluding hydrogens is 262 g/mol. The summed E-state index contributed by atoms with van der Waals surface area (Å²) in [7, 11) is 0. The maximum atomic E-state index is 12.6. The number of hydrogen-bond donors (Lipinski definition) is 1. The van der Waals surface area contributed by atoms with E-state index in [-0.39, 0.29) is 5.56 Å². The Hall–Kier alpha value is -1.97. The third-order valence-electron chi connectivity index (χ3n) is 3.80. The van der Waals surface area contributed by atoms with Crippen molar-refractivity contribution in [3.8, 4) is 5.69 Å². The van der Waals surface area contributed by atoms with E-state index in [1.54, 1.807) is 4.68 Å². The molecule has 0 amide bonds. The van der Waals surface area contributed by atoms with E-state index in [1.165, 1.54) is 0 Å². The molecule has 1 heterocycles. The molecule has 0 saturated carbocycles. The first-order valence-electron chi connectivity index (χ1n) is 7.69. The van der Waals surface area contributed by atoms with Gasteiger partial charge in [0.15, 0.2) is 0 Å². The van der Waals surface area contributed by atoms with Crippen LogP contribution >= 0.6 is 0 Å². The Labute approximate surface area is 126 Å². The Morgan fingerprint density at radius 1 is 1.14 bits per heavy atom. The Kier molecular flexibility index (Phi) is 4.56. The quantitative estimate of drug-likeness (QED) is 0.918. The summed E-state index contributed by atoms with van der Waals surface area (Å²) < 4.78 is 3.81. The summed E-state index contributed by atoms with van der Waals surface area (Å²) in [5.41, 5.74) is 10.5. The highest BCUT2D eigenvalue weighted by molar-refractivity contribution is 5.49. The largest absolute Gasteiger partial charge is 0.393 e. The smallest absolute Gasteiger partial charge is 0.294 e. The standard InChI is InChI=1S/C17H25N3O/c1-5-7-14-16(18)17(21)20(19(14)10-6-2)15-11-12(3)8-9-13(15)4/h8-9,11H,5-7,10,18H2,1-4H3. The van der Waals surface area contributed by atoms with Gasteiger partial charge < -0.3 is 5.73 Å². The molecule has 1 aromatic carbocycles. The van der Waals surface area contributed by atoms with Crippen LogP contribution in [0.5, 0.6) is 0 Å². The summed E-state index contributed by atoms with van der Waals surface area (Å²) in [6.45, 7) is 9.09. The molecule has 0 aliphatic carbocycles. The van der Waals surface area contributed by atoms with Crippen LogP contribution in [0.15, 0.2) is 23.0 Å². The van der Waals surface area contributed by atoms with Crippen LogP contribution in [0.1, 0.15) is 43.5 Å². The number of nitrogen functional groups attached to an aromatic ring is 1. The highest BCUT2D eigenvalue weighted by atomic mass is 16.1. The average molecular weight is 287 g/mol. The van der Waals surface area contributed by atoms with E-state index in [1.807, 2.05) is 13.8 Å². The number of nitrogens with zero attached hydrogens (tertiary/aromatic N) is 2. The Balaban J connectivity index is 2.75. The molecule has 0 saturated heterocycles. The third-order valence-corrected chi connectivity index (χ3v) is 3.80. The van der Waals surface area contributed by atoms with Crippen molar-refractivity contribution in [2.24, 2.45) is 0 Å².